The maximum absolute atomic E-state index is 13.9. The van der Waals surface area contributed by atoms with Crippen molar-refractivity contribution in [2.24, 2.45) is 0 Å². The number of halogens is 10. The third-order valence-corrected chi connectivity index (χ3v) is 18.6. The molecule has 0 saturated heterocycles. The fourth-order valence-corrected chi connectivity index (χ4v) is 12.8. The van der Waals surface area contributed by atoms with Gasteiger partial charge in [-0.25, -0.2) is 41.9 Å². The SMILES string of the molecule is Cc1ccc(C(=O)Nc2ccc(-c3cc4c(cc3Br)OCO4)cn2)c(F)c1.O=C(Nc1ccc(-c2cc3c(cc2Br)OCO3)cn1)c1cc(F)ccc1F.O=C(Nc1cnc(-c2cc3c(cc2Br)OCO3)cn1)c1c(F)cccc1F.O=C(Nc1cnc(-c2cc3c(cc2Br)OCO3)cn1)c1ccccc1Cl. The molecule has 4 amide bonds. The number of aryl methyl sites for hydroxylation is 1. The minimum atomic E-state index is -0.957. The predicted molar refractivity (Wildman–Crippen MR) is 397 cm³/mol. The van der Waals surface area contributed by atoms with Crippen LogP contribution in [0.25, 0.3) is 44.8 Å². The molecular weight excluding hydrogens is 1680 g/mol. The van der Waals surface area contributed by atoms with E-state index in [2.05, 4.69) is 115 Å². The van der Waals surface area contributed by atoms with Crippen LogP contribution in [0, 0.1) is 36.0 Å². The number of hydrogen-bond acceptors (Lipinski definition) is 18. The number of anilines is 4. The van der Waals surface area contributed by atoms with Crippen molar-refractivity contribution in [3.05, 3.63) is 269 Å². The number of nitrogens with zero attached hydrogens (tertiary/aromatic N) is 6. The van der Waals surface area contributed by atoms with E-state index in [0.717, 1.165) is 81.6 Å². The van der Waals surface area contributed by atoms with Gasteiger partial charge < -0.3 is 59.2 Å². The first kappa shape index (κ1) is 73.7. The van der Waals surface area contributed by atoms with Crippen LogP contribution in [0.4, 0.5) is 45.2 Å². The molecule has 32 heteroatoms. The number of benzene rings is 8. The number of amides is 4. The van der Waals surface area contributed by atoms with E-state index in [-0.39, 0.29) is 55.8 Å². The van der Waals surface area contributed by atoms with Crippen molar-refractivity contribution in [2.75, 3.05) is 48.4 Å². The largest absolute Gasteiger partial charge is 0.454 e. The van der Waals surface area contributed by atoms with Gasteiger partial charge in [-0.3, -0.25) is 29.1 Å². The molecule has 0 unspecified atom stereocenters. The minimum absolute atomic E-state index is 0.0232. The van der Waals surface area contributed by atoms with Crippen molar-refractivity contribution in [1.82, 2.24) is 29.9 Å². The van der Waals surface area contributed by atoms with E-state index in [0.29, 0.717) is 85.2 Å². The molecule has 538 valence electrons. The van der Waals surface area contributed by atoms with Gasteiger partial charge in [0.1, 0.15) is 46.3 Å². The fourth-order valence-electron chi connectivity index (χ4n) is 10.4. The lowest BCUT2D eigenvalue weighted by Crippen LogP contribution is -2.16. The smallest absolute Gasteiger partial charge is 0.262 e. The zero-order chi connectivity index (χ0) is 75.0. The van der Waals surface area contributed by atoms with E-state index in [1.165, 1.54) is 36.8 Å². The predicted octanol–water partition coefficient (Wildman–Crippen LogP) is 18.4. The molecule has 0 saturated carbocycles. The number of carbonyl (C=O) groups is 4. The lowest BCUT2D eigenvalue weighted by Gasteiger charge is -2.09. The van der Waals surface area contributed by atoms with Gasteiger partial charge in [0.05, 0.1) is 57.9 Å². The molecular formula is C75H46Br4ClF5N10O12. The molecule has 4 aliphatic rings. The fraction of sp³-hybridized carbons (Fsp3) is 0.0667. The van der Waals surface area contributed by atoms with Gasteiger partial charge in [-0.05, 0) is 172 Å². The average molecular weight is 1730 g/mol. The Morgan fingerprint density at radius 2 is 0.757 bits per heavy atom. The zero-order valence-electron chi connectivity index (χ0n) is 54.6. The minimum Gasteiger partial charge on any atom is -0.454 e. The Hall–Kier alpha value is -11.6. The van der Waals surface area contributed by atoms with Crippen molar-refractivity contribution in [3.63, 3.8) is 0 Å². The molecule has 0 bridgehead atoms. The highest BCUT2D eigenvalue weighted by Gasteiger charge is 2.25. The molecule has 0 fully saturated rings. The Morgan fingerprint density at radius 3 is 1.19 bits per heavy atom. The molecule has 4 N–H and O–H groups in total. The number of hydrogen-bond donors (Lipinski definition) is 4. The topological polar surface area (TPSA) is 268 Å². The summed E-state index contributed by atoms with van der Waals surface area (Å²) >= 11 is 20.0. The highest BCUT2D eigenvalue weighted by Crippen LogP contribution is 2.45. The number of fused-ring (bicyclic) bond motifs is 4. The molecule has 0 radical (unpaired) electrons. The third-order valence-electron chi connectivity index (χ3n) is 15.7. The molecule has 22 nitrogen and oxygen atoms in total. The quantitative estimate of drug-likeness (QED) is 0.0828. The Kier molecular flexibility index (Phi) is 22.6. The van der Waals surface area contributed by atoms with E-state index in [9.17, 15) is 41.1 Å². The van der Waals surface area contributed by atoms with E-state index in [1.54, 1.807) is 92.2 Å². The Balaban J connectivity index is 0.000000126. The molecule has 0 spiro atoms. The van der Waals surface area contributed by atoms with Gasteiger partial charge in [0.2, 0.25) is 27.2 Å². The summed E-state index contributed by atoms with van der Waals surface area (Å²) in [5, 5.41) is 10.4. The van der Waals surface area contributed by atoms with Crippen LogP contribution in [0.3, 0.4) is 0 Å². The molecule has 16 rings (SSSR count). The molecule has 8 heterocycles. The van der Waals surface area contributed by atoms with E-state index >= 15 is 0 Å². The molecule has 107 heavy (non-hydrogen) atoms. The summed E-state index contributed by atoms with van der Waals surface area (Å²) in [5.74, 6) is -0.496. The van der Waals surface area contributed by atoms with E-state index in [1.807, 2.05) is 36.4 Å². The van der Waals surface area contributed by atoms with Crippen LogP contribution in [-0.2, 0) is 0 Å². The number of nitrogens with one attached hydrogen (secondary N) is 4. The molecule has 4 aromatic heterocycles. The van der Waals surface area contributed by atoms with Crippen molar-refractivity contribution in [1.29, 1.82) is 0 Å². The van der Waals surface area contributed by atoms with Crippen LogP contribution < -0.4 is 59.2 Å². The van der Waals surface area contributed by atoms with Crippen LogP contribution in [0.15, 0.2) is 207 Å². The Morgan fingerprint density at radius 1 is 0.355 bits per heavy atom. The first-order valence-corrected chi connectivity index (χ1v) is 34.8. The molecule has 4 aliphatic heterocycles. The van der Waals surface area contributed by atoms with Gasteiger partial charge in [0, 0.05) is 63.7 Å². The van der Waals surface area contributed by atoms with Crippen molar-refractivity contribution >= 4 is 122 Å². The number of pyridine rings is 2. The van der Waals surface area contributed by atoms with Gasteiger partial charge in [0.25, 0.3) is 23.6 Å². The van der Waals surface area contributed by atoms with E-state index < -0.39 is 52.4 Å². The zero-order valence-corrected chi connectivity index (χ0v) is 61.7. The maximum atomic E-state index is 13.9. The molecule has 0 aliphatic carbocycles. The molecule has 12 aromatic rings. The normalized spacial score (nSPS) is 12.1. The number of aromatic nitrogens is 6. The third kappa shape index (κ3) is 17.4. The molecule has 8 aromatic carbocycles. The second-order valence-corrected chi connectivity index (χ2v) is 26.5. The summed E-state index contributed by atoms with van der Waals surface area (Å²) in [4.78, 5) is 74.1. The van der Waals surface area contributed by atoms with Gasteiger partial charge in [-0.15, -0.1) is 0 Å². The summed E-state index contributed by atoms with van der Waals surface area (Å²) < 4.78 is 114. The molecule has 0 atom stereocenters. The summed E-state index contributed by atoms with van der Waals surface area (Å²) in [6.07, 6.45) is 8.97. The van der Waals surface area contributed by atoms with Crippen molar-refractivity contribution in [3.8, 4) is 90.8 Å². The second kappa shape index (κ2) is 32.8. The van der Waals surface area contributed by atoms with Gasteiger partial charge in [0.15, 0.2) is 57.6 Å². The first-order valence-electron chi connectivity index (χ1n) is 31.3. The first-order chi connectivity index (χ1) is 51.7. The van der Waals surface area contributed by atoms with Gasteiger partial charge in [-0.2, -0.15) is 0 Å². The monoisotopic (exact) mass is 1720 g/mol. The van der Waals surface area contributed by atoms with Gasteiger partial charge >= 0.3 is 0 Å². The summed E-state index contributed by atoms with van der Waals surface area (Å²) in [6, 6.07) is 38.4. The van der Waals surface area contributed by atoms with E-state index in [4.69, 9.17) is 49.5 Å². The van der Waals surface area contributed by atoms with Crippen LogP contribution >= 0.6 is 75.3 Å². The highest BCUT2D eigenvalue weighted by molar-refractivity contribution is 9.11. The van der Waals surface area contributed by atoms with Crippen LogP contribution in [0.1, 0.15) is 47.0 Å². The standard InChI is InChI=1S/C20H14BrFN2O3.C19H11BrF2N2O3.C18H11BrClN3O3.C18H10BrF2N3O3/c1-11-2-4-13(16(22)6-11)20(25)24-19-5-3-12(9-23-19)14-7-17-18(8-15(14)21)27-10-26-17;20-14-7-17-16(26-9-27-17)6-12(14)10-1-4-18(23-8-10)24-19(25)13-5-11(21)2-3-15(13)22;19-12-6-16-15(25-9-26-16)5-11(12)14-7-22-17(8-21-14)23-18(24)10-3-1-2-4-13(10)20;19-10-5-15-14(26-8-27-15)4-9(10)13-6-23-16(7-22-13)24-18(25)17-11(20)2-1-3-12(17)21/h2-9H,10H2,1H3,(H,23,24,25);1-8H,9H2,(H,23,24,25);1-8H,9H2,(H,22,23,24);1-7H,8H2,(H,23,24,25). The summed E-state index contributed by atoms with van der Waals surface area (Å²) in [7, 11) is 0. The lowest BCUT2D eigenvalue weighted by atomic mass is 10.1. The number of carbonyl (C=O) groups excluding carboxylic acids is 4. The number of ether oxygens (including phenoxy) is 8. The van der Waals surface area contributed by atoms with Crippen LogP contribution in [0.2, 0.25) is 5.02 Å². The Bertz CT molecular complexity index is 5440. The van der Waals surface area contributed by atoms with Gasteiger partial charge in [-0.1, -0.05) is 67.7 Å². The number of rotatable bonds is 12. The second-order valence-electron chi connectivity index (χ2n) is 22.7. The Labute approximate surface area is 641 Å². The summed E-state index contributed by atoms with van der Waals surface area (Å²) in [5.41, 5.74) is 6.02. The lowest BCUT2D eigenvalue weighted by molar-refractivity contribution is 0.101. The summed E-state index contributed by atoms with van der Waals surface area (Å²) in [6.45, 7) is 2.48. The highest BCUT2D eigenvalue weighted by atomic mass is 79.9. The van der Waals surface area contributed by atoms with Crippen LogP contribution in [0.5, 0.6) is 46.0 Å². The van der Waals surface area contributed by atoms with Crippen molar-refractivity contribution < 1.29 is 79.0 Å². The maximum Gasteiger partial charge on any atom is 0.262 e. The van der Waals surface area contributed by atoms with Crippen molar-refractivity contribution in [2.45, 2.75) is 6.92 Å². The van der Waals surface area contributed by atoms with Crippen LogP contribution in [-0.4, -0.2) is 80.7 Å². The average Bonchev–Trinajstić information content (AvgIpc) is 1.75.